The Balaban J connectivity index is 2.33. The van der Waals surface area contributed by atoms with E-state index in [-0.39, 0.29) is 0 Å². The molecule has 2 aromatic heterocycles. The lowest BCUT2D eigenvalue weighted by Gasteiger charge is -2.08. The largest absolute Gasteiger partial charge is 0.494 e. The number of rotatable bonds is 2. The molecule has 2 heterocycles. The van der Waals surface area contributed by atoms with Crippen LogP contribution in [0.15, 0.2) is 29.8 Å². The Labute approximate surface area is 125 Å². The van der Waals surface area contributed by atoms with E-state index in [1.165, 1.54) is 11.3 Å². The molecule has 3 rings (SSSR count). The Morgan fingerprint density at radius 1 is 1.40 bits per heavy atom. The van der Waals surface area contributed by atoms with Gasteiger partial charge in [-0.3, -0.25) is 4.98 Å². The van der Waals surface area contributed by atoms with Crippen LogP contribution >= 0.6 is 22.9 Å². The molecule has 0 aliphatic heterocycles. The van der Waals surface area contributed by atoms with Crippen LogP contribution in [-0.4, -0.2) is 17.1 Å². The Kier molecular flexibility index (Phi) is 3.31. The van der Waals surface area contributed by atoms with Crippen molar-refractivity contribution < 1.29 is 4.74 Å². The molecule has 0 fully saturated rings. The van der Waals surface area contributed by atoms with Crippen LogP contribution in [0.25, 0.3) is 21.5 Å². The first kappa shape index (κ1) is 12.9. The monoisotopic (exact) mass is 300 g/mol. The molecule has 3 nitrogen and oxygen atoms in total. The molecule has 0 N–H and O–H groups in total. The van der Waals surface area contributed by atoms with Gasteiger partial charge < -0.3 is 4.74 Å². The number of hydrogen-bond acceptors (Lipinski definition) is 4. The van der Waals surface area contributed by atoms with E-state index in [0.717, 1.165) is 21.5 Å². The summed E-state index contributed by atoms with van der Waals surface area (Å²) < 4.78 is 5.23. The number of pyridine rings is 1. The first-order chi connectivity index (χ1) is 9.74. The molecule has 98 valence electrons. The zero-order valence-corrected chi connectivity index (χ0v) is 12.1. The van der Waals surface area contributed by atoms with Crippen molar-refractivity contribution in [1.29, 1.82) is 0 Å². The summed E-state index contributed by atoms with van der Waals surface area (Å²) in [5.41, 5.74) is 2.32. The normalized spacial score (nSPS) is 10.4. The van der Waals surface area contributed by atoms with Gasteiger partial charge in [0, 0.05) is 16.3 Å². The summed E-state index contributed by atoms with van der Waals surface area (Å²) in [5.74, 6) is 3.07. The molecule has 20 heavy (non-hydrogen) atoms. The number of aromatic nitrogens is 2. The summed E-state index contributed by atoms with van der Waals surface area (Å²) in [5, 5.41) is 4.02. The molecule has 0 spiro atoms. The van der Waals surface area contributed by atoms with E-state index < -0.39 is 0 Å². The summed E-state index contributed by atoms with van der Waals surface area (Å²) in [7, 11) is 1.57. The molecule has 0 bridgehead atoms. The summed E-state index contributed by atoms with van der Waals surface area (Å²) >= 11 is 7.89. The lowest BCUT2D eigenvalue weighted by Crippen LogP contribution is -1.90. The first-order valence-corrected chi connectivity index (χ1v) is 7.04. The van der Waals surface area contributed by atoms with Gasteiger partial charge >= 0.3 is 0 Å². The highest BCUT2D eigenvalue weighted by molar-refractivity contribution is 7.13. The van der Waals surface area contributed by atoms with Crippen LogP contribution in [0.4, 0.5) is 0 Å². The summed E-state index contributed by atoms with van der Waals surface area (Å²) in [6, 6.07) is 5.78. The summed E-state index contributed by atoms with van der Waals surface area (Å²) in [6.07, 6.45) is 6.98. The lowest BCUT2D eigenvalue weighted by molar-refractivity contribution is 0.414. The third kappa shape index (κ3) is 2.01. The van der Waals surface area contributed by atoms with Gasteiger partial charge in [-0.1, -0.05) is 23.7 Å². The molecular weight excluding hydrogens is 292 g/mol. The van der Waals surface area contributed by atoms with E-state index in [9.17, 15) is 0 Å². The predicted molar refractivity (Wildman–Crippen MR) is 82.3 cm³/mol. The number of terminal acetylenes is 1. The van der Waals surface area contributed by atoms with Crippen molar-refractivity contribution in [3.05, 3.63) is 40.5 Å². The van der Waals surface area contributed by atoms with E-state index >= 15 is 0 Å². The van der Waals surface area contributed by atoms with E-state index in [0.29, 0.717) is 16.5 Å². The van der Waals surface area contributed by atoms with Crippen LogP contribution in [0.3, 0.4) is 0 Å². The number of ether oxygens (including phenoxy) is 1. The lowest BCUT2D eigenvalue weighted by atomic mass is 10.1. The fraction of sp³-hybridized carbons (Fsp3) is 0.0667. The van der Waals surface area contributed by atoms with Gasteiger partial charge in [0.1, 0.15) is 10.7 Å². The molecule has 1 aromatic carbocycles. The number of fused-ring (bicyclic) bond motifs is 1. The predicted octanol–water partition coefficient (Wildman–Crippen LogP) is 4.00. The van der Waals surface area contributed by atoms with Gasteiger partial charge in [0.15, 0.2) is 5.75 Å². The maximum absolute atomic E-state index is 6.41. The highest BCUT2D eigenvalue weighted by Gasteiger charge is 2.14. The third-order valence-electron chi connectivity index (χ3n) is 2.90. The van der Waals surface area contributed by atoms with Gasteiger partial charge in [-0.2, -0.15) is 0 Å². The molecule has 0 aliphatic rings. The van der Waals surface area contributed by atoms with Crippen LogP contribution in [0.1, 0.15) is 5.69 Å². The number of methoxy groups -OCH3 is 1. The SMILES string of the molecule is C#Cc1csc(-c2cccc3ncc(OC)c(Cl)c23)n1. The second-order valence-corrected chi connectivity index (χ2v) is 5.26. The minimum atomic E-state index is 0.533. The van der Waals surface area contributed by atoms with Gasteiger partial charge in [0.2, 0.25) is 0 Å². The Morgan fingerprint density at radius 3 is 2.95 bits per heavy atom. The zero-order valence-electron chi connectivity index (χ0n) is 10.6. The van der Waals surface area contributed by atoms with E-state index in [1.807, 2.05) is 23.6 Å². The Morgan fingerprint density at radius 2 is 2.25 bits per heavy atom. The maximum Gasteiger partial charge on any atom is 0.156 e. The van der Waals surface area contributed by atoms with Crippen molar-refractivity contribution in [3.63, 3.8) is 0 Å². The van der Waals surface area contributed by atoms with E-state index in [2.05, 4.69) is 15.9 Å². The molecular formula is C15H9ClN2OS. The van der Waals surface area contributed by atoms with Crippen molar-refractivity contribution in [2.75, 3.05) is 7.11 Å². The second-order valence-electron chi connectivity index (χ2n) is 4.02. The van der Waals surface area contributed by atoms with Crippen molar-refractivity contribution in [1.82, 2.24) is 9.97 Å². The molecule has 0 unspecified atom stereocenters. The standard InChI is InChI=1S/C15H9ClN2OS/c1-3-9-8-20-15(18-9)10-5-4-6-11-13(10)14(16)12(19-2)7-17-11/h1,4-8H,2H3. The number of benzene rings is 1. The highest BCUT2D eigenvalue weighted by atomic mass is 35.5. The van der Waals surface area contributed by atoms with Crippen LogP contribution < -0.4 is 4.74 Å². The van der Waals surface area contributed by atoms with Crippen molar-refractivity contribution in [2.24, 2.45) is 0 Å². The molecule has 5 heteroatoms. The van der Waals surface area contributed by atoms with Crippen molar-refractivity contribution >= 4 is 33.8 Å². The van der Waals surface area contributed by atoms with Crippen LogP contribution in [0.5, 0.6) is 5.75 Å². The molecule has 0 atom stereocenters. The molecule has 0 radical (unpaired) electrons. The minimum Gasteiger partial charge on any atom is -0.494 e. The molecule has 0 saturated carbocycles. The van der Waals surface area contributed by atoms with Gasteiger partial charge in [-0.15, -0.1) is 17.8 Å². The fourth-order valence-electron chi connectivity index (χ4n) is 1.97. The zero-order chi connectivity index (χ0) is 14.1. The topological polar surface area (TPSA) is 35.0 Å². The number of thiazole rings is 1. The average molecular weight is 301 g/mol. The first-order valence-electron chi connectivity index (χ1n) is 5.78. The van der Waals surface area contributed by atoms with Crippen LogP contribution in [0, 0.1) is 12.3 Å². The van der Waals surface area contributed by atoms with Crippen molar-refractivity contribution in [2.45, 2.75) is 0 Å². The minimum absolute atomic E-state index is 0.533. The third-order valence-corrected chi connectivity index (χ3v) is 4.15. The fourth-order valence-corrected chi connectivity index (χ4v) is 3.09. The second kappa shape index (κ2) is 5.12. The Bertz CT molecular complexity index is 835. The van der Waals surface area contributed by atoms with Gasteiger partial charge in [-0.25, -0.2) is 4.98 Å². The van der Waals surface area contributed by atoms with Gasteiger partial charge in [0.05, 0.1) is 23.8 Å². The van der Waals surface area contributed by atoms with Gasteiger partial charge in [0.25, 0.3) is 0 Å². The molecule has 0 aliphatic carbocycles. The summed E-state index contributed by atoms with van der Waals surface area (Å²) in [6.45, 7) is 0. The van der Waals surface area contributed by atoms with Crippen LogP contribution in [-0.2, 0) is 0 Å². The number of halogens is 1. The molecule has 3 aromatic rings. The quantitative estimate of drug-likeness (QED) is 0.671. The Hall–Kier alpha value is -2.09. The maximum atomic E-state index is 6.41. The van der Waals surface area contributed by atoms with Crippen molar-refractivity contribution in [3.8, 4) is 28.7 Å². The molecule has 0 amide bonds. The smallest absolute Gasteiger partial charge is 0.156 e. The van der Waals surface area contributed by atoms with Gasteiger partial charge in [-0.05, 0) is 12.0 Å². The van der Waals surface area contributed by atoms with E-state index in [1.54, 1.807) is 13.3 Å². The molecule has 0 saturated heterocycles. The average Bonchev–Trinajstić information content (AvgIpc) is 2.96. The number of nitrogens with zero attached hydrogens (tertiary/aromatic N) is 2. The van der Waals surface area contributed by atoms with E-state index in [4.69, 9.17) is 22.8 Å². The highest BCUT2D eigenvalue weighted by Crippen LogP contribution is 2.38. The number of hydrogen-bond donors (Lipinski definition) is 0. The summed E-state index contributed by atoms with van der Waals surface area (Å²) in [4.78, 5) is 8.75. The van der Waals surface area contributed by atoms with Crippen LogP contribution in [0.2, 0.25) is 5.02 Å².